The Labute approximate surface area is 342 Å². The molecule has 5 nitrogen and oxygen atoms in total. The zero-order chi connectivity index (χ0) is 39.7. The van der Waals surface area contributed by atoms with Crippen LogP contribution in [-0.2, 0) is 5.41 Å². The number of hydrogen-bond donors (Lipinski definition) is 0. The molecule has 8 aromatic carbocycles. The third-order valence-corrected chi connectivity index (χ3v) is 12.0. The van der Waals surface area contributed by atoms with Crippen LogP contribution < -0.4 is 0 Å². The molecular weight excluding hydrogens is 719 g/mol. The van der Waals surface area contributed by atoms with Gasteiger partial charge in [-0.3, -0.25) is 4.98 Å². The molecule has 0 atom stereocenters. The highest BCUT2D eigenvalue weighted by Crippen LogP contribution is 2.49. The maximum Gasteiger partial charge on any atom is 0.187 e. The van der Waals surface area contributed by atoms with Crippen LogP contribution in [0.5, 0.6) is 0 Å². The first-order chi connectivity index (χ1) is 28.9. The smallest absolute Gasteiger partial charge is 0.187 e. The number of hydrogen-bond acceptors (Lipinski definition) is 4. The summed E-state index contributed by atoms with van der Waals surface area (Å²) in [5, 5.41) is 5.67. The lowest BCUT2D eigenvalue weighted by Gasteiger charge is -2.21. The molecule has 0 unspecified atom stereocenters. The van der Waals surface area contributed by atoms with Crippen molar-refractivity contribution in [3.8, 4) is 67.5 Å². The number of fused-ring (bicyclic) bond motifs is 8. The van der Waals surface area contributed by atoms with Gasteiger partial charge in [-0.15, -0.1) is 0 Å². The number of rotatable bonds is 5. The summed E-state index contributed by atoms with van der Waals surface area (Å²) in [7, 11) is 0. The van der Waals surface area contributed by atoms with Gasteiger partial charge in [0.15, 0.2) is 23.2 Å². The lowest BCUT2D eigenvalue weighted by Crippen LogP contribution is -2.15. The van der Waals surface area contributed by atoms with Gasteiger partial charge in [0.25, 0.3) is 0 Å². The minimum Gasteiger partial charge on any atom is -0.256 e. The van der Waals surface area contributed by atoms with Crippen molar-refractivity contribution in [2.75, 3.05) is 0 Å². The van der Waals surface area contributed by atoms with E-state index in [1.54, 1.807) is 0 Å². The first kappa shape index (κ1) is 34.4. The van der Waals surface area contributed by atoms with Crippen molar-refractivity contribution in [1.82, 2.24) is 19.9 Å². The van der Waals surface area contributed by atoms with Crippen LogP contribution >= 0.6 is 0 Å². The van der Waals surface area contributed by atoms with Crippen molar-refractivity contribution in [3.05, 3.63) is 199 Å². The lowest BCUT2D eigenvalue weighted by molar-refractivity contribution is 0.660. The maximum atomic E-state index is 7.45. The molecule has 276 valence electrons. The fraction of sp³-hybridized carbons (Fsp3) is 0.0556. The second-order valence-electron chi connectivity index (χ2n) is 15.7. The third-order valence-electron chi connectivity index (χ3n) is 12.0. The van der Waals surface area contributed by atoms with E-state index in [0.29, 0.717) is 23.2 Å². The summed E-state index contributed by atoms with van der Waals surface area (Å²) in [6.07, 6.45) is 1.85. The predicted octanol–water partition coefficient (Wildman–Crippen LogP) is 13.9. The van der Waals surface area contributed by atoms with E-state index >= 15 is 0 Å². The maximum absolute atomic E-state index is 7.45. The van der Waals surface area contributed by atoms with Crippen LogP contribution in [-0.4, -0.2) is 19.9 Å². The number of aromatic nitrogens is 4. The molecule has 2 aromatic heterocycles. The Morgan fingerprint density at radius 2 is 1.00 bits per heavy atom. The van der Waals surface area contributed by atoms with Crippen LogP contribution in [0.4, 0.5) is 5.69 Å². The fourth-order valence-electron chi connectivity index (χ4n) is 9.02. The van der Waals surface area contributed by atoms with Gasteiger partial charge in [-0.1, -0.05) is 153 Å². The summed E-state index contributed by atoms with van der Waals surface area (Å²) in [6.45, 7) is 12.0. The van der Waals surface area contributed by atoms with Crippen molar-refractivity contribution in [2.45, 2.75) is 19.3 Å². The summed E-state index contributed by atoms with van der Waals surface area (Å²) in [5.74, 6) is 1.89. The number of nitrogens with zero attached hydrogens (tertiary/aromatic N) is 5. The molecule has 5 heteroatoms. The molecule has 1 aliphatic rings. The number of pyridine rings is 1. The summed E-state index contributed by atoms with van der Waals surface area (Å²) in [4.78, 5) is 24.0. The van der Waals surface area contributed by atoms with E-state index in [4.69, 9.17) is 26.5 Å². The fourth-order valence-corrected chi connectivity index (χ4v) is 9.02. The Morgan fingerprint density at radius 3 is 1.80 bits per heavy atom. The summed E-state index contributed by atoms with van der Waals surface area (Å²) in [5.41, 5.74) is 13.6. The SMILES string of the molecule is [C-]#[N+]c1ccc(-c2cc3c4ccccc4c(-c4cccc(-c5nc(-c6ccccc6)nc(-c6ccc7c(c6)C(C)(C)c6ccccc6-7)n5)c4)cc3c3cccnc23)cc1. The van der Waals surface area contributed by atoms with E-state index in [9.17, 15) is 0 Å². The Morgan fingerprint density at radius 1 is 0.407 bits per heavy atom. The Balaban J connectivity index is 1.08. The molecule has 2 heterocycles. The molecule has 10 aromatic rings. The Bertz CT molecular complexity index is 3360. The molecule has 11 rings (SSSR count). The average molecular weight is 754 g/mol. The summed E-state index contributed by atoms with van der Waals surface area (Å²) < 4.78 is 0. The van der Waals surface area contributed by atoms with Gasteiger partial charge in [-0.25, -0.2) is 19.8 Å². The largest absolute Gasteiger partial charge is 0.256 e. The van der Waals surface area contributed by atoms with Gasteiger partial charge >= 0.3 is 0 Å². The Kier molecular flexibility index (Phi) is 7.82. The molecule has 0 saturated carbocycles. The van der Waals surface area contributed by atoms with E-state index in [1.165, 1.54) is 22.3 Å². The third kappa shape index (κ3) is 5.61. The molecule has 0 spiro atoms. The highest BCUT2D eigenvalue weighted by molar-refractivity contribution is 6.23. The zero-order valence-corrected chi connectivity index (χ0v) is 32.5. The average Bonchev–Trinajstić information content (AvgIpc) is 3.53. The van der Waals surface area contributed by atoms with Gasteiger partial charge in [-0.2, -0.15) is 0 Å². The molecule has 59 heavy (non-hydrogen) atoms. The quantitative estimate of drug-likeness (QED) is 0.130. The van der Waals surface area contributed by atoms with Crippen molar-refractivity contribution in [3.63, 3.8) is 0 Å². The molecular formula is C54H35N5. The van der Waals surface area contributed by atoms with Crippen molar-refractivity contribution < 1.29 is 0 Å². The summed E-state index contributed by atoms with van der Waals surface area (Å²) in [6, 6.07) is 59.2. The first-order valence-corrected chi connectivity index (χ1v) is 19.8. The van der Waals surface area contributed by atoms with E-state index < -0.39 is 0 Å². The van der Waals surface area contributed by atoms with Gasteiger partial charge in [0.2, 0.25) is 0 Å². The van der Waals surface area contributed by atoms with Crippen LogP contribution in [0.3, 0.4) is 0 Å². The monoisotopic (exact) mass is 753 g/mol. The van der Waals surface area contributed by atoms with Gasteiger partial charge in [0.05, 0.1) is 12.1 Å². The predicted molar refractivity (Wildman–Crippen MR) is 241 cm³/mol. The molecule has 0 fully saturated rings. The minimum atomic E-state index is -0.148. The van der Waals surface area contributed by atoms with Gasteiger partial charge < -0.3 is 0 Å². The van der Waals surface area contributed by atoms with E-state index in [2.05, 4.69) is 140 Å². The van der Waals surface area contributed by atoms with E-state index in [-0.39, 0.29) is 5.41 Å². The molecule has 0 bridgehead atoms. The van der Waals surface area contributed by atoms with Crippen LogP contribution in [0.2, 0.25) is 0 Å². The van der Waals surface area contributed by atoms with E-state index in [1.807, 2.05) is 54.7 Å². The summed E-state index contributed by atoms with van der Waals surface area (Å²) >= 11 is 0. The van der Waals surface area contributed by atoms with Crippen LogP contribution in [0.1, 0.15) is 25.0 Å². The topological polar surface area (TPSA) is 55.9 Å². The van der Waals surface area contributed by atoms with Gasteiger partial charge in [-0.05, 0) is 90.8 Å². The van der Waals surface area contributed by atoms with Crippen molar-refractivity contribution in [1.29, 1.82) is 0 Å². The molecule has 0 N–H and O–H groups in total. The second kappa shape index (κ2) is 13.4. The molecule has 0 amide bonds. The highest BCUT2D eigenvalue weighted by atomic mass is 15.0. The first-order valence-electron chi connectivity index (χ1n) is 19.8. The molecule has 0 saturated heterocycles. The highest BCUT2D eigenvalue weighted by Gasteiger charge is 2.35. The minimum absolute atomic E-state index is 0.148. The lowest BCUT2D eigenvalue weighted by atomic mass is 9.82. The van der Waals surface area contributed by atoms with Crippen LogP contribution in [0, 0.1) is 6.57 Å². The number of benzene rings is 8. The second-order valence-corrected chi connectivity index (χ2v) is 15.7. The van der Waals surface area contributed by atoms with Gasteiger partial charge in [0.1, 0.15) is 0 Å². The van der Waals surface area contributed by atoms with Crippen molar-refractivity contribution >= 4 is 38.1 Å². The van der Waals surface area contributed by atoms with Crippen LogP contribution in [0.15, 0.2) is 176 Å². The molecule has 0 radical (unpaired) electrons. The normalized spacial score (nSPS) is 12.7. The molecule has 0 aliphatic heterocycles. The zero-order valence-electron chi connectivity index (χ0n) is 32.5. The van der Waals surface area contributed by atoms with Crippen LogP contribution in [0.25, 0.3) is 105 Å². The standard InChI is InChI=1S/C54H35N5/c1-54(2)48-21-10-9-19-41(48)42-27-24-37(30-49(42)54)53-58-51(34-13-5-4-6-14-34)57-52(59-53)36-16-11-15-35(29-36)44-31-47-43-20-12-28-56-50(43)45(33-22-25-38(55-3)26-23-33)32-46(47)40-18-8-7-17-39(40)44/h4-32H,1-2H3. The van der Waals surface area contributed by atoms with E-state index in [0.717, 1.165) is 71.4 Å². The van der Waals surface area contributed by atoms with Crippen molar-refractivity contribution in [2.24, 2.45) is 0 Å². The Hall–Kier alpha value is -7.81. The van der Waals surface area contributed by atoms with Gasteiger partial charge in [0, 0.05) is 39.3 Å². The molecule has 1 aliphatic carbocycles.